The van der Waals surface area contributed by atoms with Crippen molar-refractivity contribution in [3.05, 3.63) is 11.9 Å². The number of ether oxygens (including phenoxy) is 1. The van der Waals surface area contributed by atoms with Crippen molar-refractivity contribution in [2.24, 2.45) is 5.92 Å². The smallest absolute Gasteiger partial charge is 0.266 e. The Morgan fingerprint density at radius 1 is 1.36 bits per heavy atom. The minimum absolute atomic E-state index is 0.0931. The van der Waals surface area contributed by atoms with E-state index in [0.717, 1.165) is 13.0 Å². The van der Waals surface area contributed by atoms with E-state index in [-0.39, 0.29) is 29.7 Å². The standard InChI is InChI=1S/C22H29N7O6S/c1-4-29-19-16(34-13-14-6-8-28(12-14)9-10-36(31,32)33)11-24-15(5-7-22(2,3)30)17(19)25-21(29)18-20(23)27-35-26-18/h11,14,30H,4,6,8-10,12-13H2,1-3H3,(H2,23,27)(H,31,32,33). The van der Waals surface area contributed by atoms with E-state index < -0.39 is 15.7 Å². The molecule has 1 aliphatic rings. The molecule has 1 saturated heterocycles. The summed E-state index contributed by atoms with van der Waals surface area (Å²) >= 11 is 0. The van der Waals surface area contributed by atoms with Crippen molar-refractivity contribution in [2.75, 3.05) is 37.7 Å². The largest absolute Gasteiger partial charge is 0.489 e. The summed E-state index contributed by atoms with van der Waals surface area (Å²) in [5, 5.41) is 17.6. The quantitative estimate of drug-likeness (QED) is 0.281. The predicted octanol–water partition coefficient (Wildman–Crippen LogP) is 0.794. The molecular weight excluding hydrogens is 490 g/mol. The minimum Gasteiger partial charge on any atom is -0.489 e. The Bertz CT molecular complexity index is 1410. The molecule has 4 N–H and O–H groups in total. The van der Waals surface area contributed by atoms with Gasteiger partial charge in [0.15, 0.2) is 23.1 Å². The Labute approximate surface area is 208 Å². The normalized spacial score (nSPS) is 16.9. The summed E-state index contributed by atoms with van der Waals surface area (Å²) in [5.41, 5.74) is 6.46. The van der Waals surface area contributed by atoms with Crippen molar-refractivity contribution in [2.45, 2.75) is 39.3 Å². The van der Waals surface area contributed by atoms with Gasteiger partial charge in [0.05, 0.1) is 18.6 Å². The van der Waals surface area contributed by atoms with E-state index in [4.69, 9.17) is 24.6 Å². The highest BCUT2D eigenvalue weighted by Gasteiger charge is 2.26. The lowest BCUT2D eigenvalue weighted by molar-refractivity contribution is 0.143. The highest BCUT2D eigenvalue weighted by Crippen LogP contribution is 2.33. The van der Waals surface area contributed by atoms with Crippen LogP contribution in [0, 0.1) is 17.8 Å². The van der Waals surface area contributed by atoms with Gasteiger partial charge in [-0.25, -0.2) is 14.6 Å². The van der Waals surface area contributed by atoms with Crippen LogP contribution in [0.5, 0.6) is 5.75 Å². The van der Waals surface area contributed by atoms with Gasteiger partial charge in [-0.05, 0) is 50.0 Å². The van der Waals surface area contributed by atoms with Gasteiger partial charge in [0.1, 0.15) is 22.3 Å². The molecule has 0 aromatic carbocycles. The maximum Gasteiger partial charge on any atom is 0.266 e. The van der Waals surface area contributed by atoms with E-state index in [1.54, 1.807) is 20.0 Å². The average Bonchev–Trinajstić information content (AvgIpc) is 3.52. The lowest BCUT2D eigenvalue weighted by Gasteiger charge is -2.16. The summed E-state index contributed by atoms with van der Waals surface area (Å²) in [6.45, 7) is 7.62. The van der Waals surface area contributed by atoms with Crippen molar-refractivity contribution in [1.82, 2.24) is 29.7 Å². The molecule has 1 fully saturated rings. The molecule has 3 aromatic heterocycles. The number of nitrogens with zero attached hydrogens (tertiary/aromatic N) is 6. The van der Waals surface area contributed by atoms with Crippen LogP contribution in [0.25, 0.3) is 22.6 Å². The van der Waals surface area contributed by atoms with Crippen LogP contribution in [0.3, 0.4) is 0 Å². The topological polar surface area (TPSA) is 183 Å². The van der Waals surface area contributed by atoms with E-state index in [9.17, 15) is 13.5 Å². The van der Waals surface area contributed by atoms with Gasteiger partial charge in [-0.1, -0.05) is 5.92 Å². The Morgan fingerprint density at radius 2 is 2.14 bits per heavy atom. The monoisotopic (exact) mass is 519 g/mol. The maximum atomic E-state index is 11.0. The van der Waals surface area contributed by atoms with Crippen LogP contribution in [0.2, 0.25) is 0 Å². The van der Waals surface area contributed by atoms with Gasteiger partial charge in [0, 0.05) is 25.6 Å². The first-order valence-corrected chi connectivity index (χ1v) is 13.1. The Kier molecular flexibility index (Phi) is 7.19. The SMILES string of the molecule is CCn1c(-c2nonc2N)nc2c(C#CC(C)(C)O)ncc(OCC3CCN(CCS(=O)(=O)O)C3)c21. The van der Waals surface area contributed by atoms with Crippen molar-refractivity contribution < 1.29 is 27.4 Å². The first kappa shape index (κ1) is 25.8. The number of hydrogen-bond donors (Lipinski definition) is 3. The number of anilines is 1. The number of imidazole rings is 1. The lowest BCUT2D eigenvalue weighted by atomic mass is 10.1. The molecule has 0 amide bonds. The molecule has 4 heterocycles. The zero-order valence-corrected chi connectivity index (χ0v) is 21.1. The van der Waals surface area contributed by atoms with E-state index in [1.807, 2.05) is 16.4 Å². The summed E-state index contributed by atoms with van der Waals surface area (Å²) in [5.74, 6) is 6.55. The van der Waals surface area contributed by atoms with E-state index in [0.29, 0.717) is 48.0 Å². The molecule has 1 atom stereocenters. The molecule has 0 saturated carbocycles. The summed E-state index contributed by atoms with van der Waals surface area (Å²) in [4.78, 5) is 11.1. The average molecular weight is 520 g/mol. The number of hydrogen-bond acceptors (Lipinski definition) is 11. The minimum atomic E-state index is -4.00. The maximum absolute atomic E-state index is 11.0. The third kappa shape index (κ3) is 5.93. The third-order valence-corrected chi connectivity index (χ3v) is 6.47. The Hall–Kier alpha value is -3.25. The highest BCUT2D eigenvalue weighted by molar-refractivity contribution is 7.85. The first-order valence-electron chi connectivity index (χ1n) is 11.5. The summed E-state index contributed by atoms with van der Waals surface area (Å²) in [6.07, 6.45) is 2.40. The lowest BCUT2D eigenvalue weighted by Crippen LogP contribution is -2.28. The van der Waals surface area contributed by atoms with Gasteiger partial charge in [-0.2, -0.15) is 8.42 Å². The fourth-order valence-corrected chi connectivity index (χ4v) is 4.55. The number of rotatable bonds is 8. The van der Waals surface area contributed by atoms with Crippen molar-refractivity contribution in [3.8, 4) is 29.1 Å². The van der Waals surface area contributed by atoms with Gasteiger partial charge < -0.3 is 25.0 Å². The zero-order valence-electron chi connectivity index (χ0n) is 20.3. The molecule has 0 bridgehead atoms. The molecule has 0 radical (unpaired) electrons. The van der Waals surface area contributed by atoms with Crippen LogP contribution in [-0.4, -0.2) is 85.4 Å². The van der Waals surface area contributed by atoms with Gasteiger partial charge >= 0.3 is 0 Å². The summed E-state index contributed by atoms with van der Waals surface area (Å²) in [6, 6.07) is 0. The van der Waals surface area contributed by atoms with E-state index in [1.165, 1.54) is 0 Å². The van der Waals surface area contributed by atoms with Crippen LogP contribution in [0.1, 0.15) is 32.9 Å². The molecule has 3 aromatic rings. The molecule has 36 heavy (non-hydrogen) atoms. The number of fused-ring (bicyclic) bond motifs is 1. The number of aryl methyl sites for hydroxylation is 1. The molecule has 4 rings (SSSR count). The number of nitrogen functional groups attached to an aromatic ring is 1. The fourth-order valence-electron chi connectivity index (χ4n) is 4.07. The van der Waals surface area contributed by atoms with Crippen molar-refractivity contribution >= 4 is 27.0 Å². The number of aliphatic hydroxyl groups is 1. The predicted molar refractivity (Wildman–Crippen MR) is 131 cm³/mol. The number of nitrogens with two attached hydrogens (primary N) is 1. The van der Waals surface area contributed by atoms with Gasteiger partial charge in [-0.3, -0.25) is 4.55 Å². The van der Waals surface area contributed by atoms with Crippen molar-refractivity contribution in [1.29, 1.82) is 0 Å². The van der Waals surface area contributed by atoms with E-state index in [2.05, 4.69) is 27.1 Å². The second kappa shape index (κ2) is 10.0. The Morgan fingerprint density at radius 3 is 2.78 bits per heavy atom. The number of likely N-dealkylation sites (tertiary alicyclic amines) is 1. The molecular formula is C22H29N7O6S. The van der Waals surface area contributed by atoms with Gasteiger partial charge in [0.25, 0.3) is 10.1 Å². The van der Waals surface area contributed by atoms with Gasteiger partial charge in [0.2, 0.25) is 0 Å². The van der Waals surface area contributed by atoms with Crippen LogP contribution in [0.15, 0.2) is 10.8 Å². The van der Waals surface area contributed by atoms with Gasteiger partial charge in [-0.15, -0.1) is 0 Å². The van der Waals surface area contributed by atoms with Crippen LogP contribution in [-0.2, 0) is 16.7 Å². The van der Waals surface area contributed by atoms with Crippen LogP contribution in [0.4, 0.5) is 5.82 Å². The second-order valence-electron chi connectivity index (χ2n) is 9.21. The third-order valence-electron chi connectivity index (χ3n) is 5.77. The Balaban J connectivity index is 1.65. The van der Waals surface area contributed by atoms with Crippen molar-refractivity contribution in [3.63, 3.8) is 0 Å². The molecule has 0 aliphatic carbocycles. The number of pyridine rings is 1. The number of aromatic nitrogens is 5. The molecule has 194 valence electrons. The summed E-state index contributed by atoms with van der Waals surface area (Å²) < 4.78 is 43.9. The second-order valence-corrected chi connectivity index (χ2v) is 10.8. The van der Waals surface area contributed by atoms with Crippen LogP contribution < -0.4 is 10.5 Å². The first-order chi connectivity index (χ1) is 16.9. The molecule has 14 heteroatoms. The van der Waals surface area contributed by atoms with Crippen LogP contribution >= 0.6 is 0 Å². The molecule has 13 nitrogen and oxygen atoms in total. The zero-order chi connectivity index (χ0) is 26.1. The highest BCUT2D eigenvalue weighted by atomic mass is 32.2. The fraction of sp³-hybridized carbons (Fsp3) is 0.545. The summed E-state index contributed by atoms with van der Waals surface area (Å²) in [7, 11) is -4.00. The van der Waals surface area contributed by atoms with E-state index >= 15 is 0 Å². The molecule has 0 spiro atoms. The molecule has 1 aliphatic heterocycles. The molecule has 1 unspecified atom stereocenters.